The monoisotopic (exact) mass is 288 g/mol. The van der Waals surface area contributed by atoms with Gasteiger partial charge in [-0.3, -0.25) is 9.48 Å². The number of hydrogen-bond acceptors (Lipinski definition) is 6. The van der Waals surface area contributed by atoms with Crippen LogP contribution in [-0.2, 0) is 11.8 Å². The van der Waals surface area contributed by atoms with Gasteiger partial charge in [0.2, 0.25) is 5.95 Å². The van der Waals surface area contributed by atoms with Crippen LogP contribution in [0.4, 0.5) is 5.95 Å². The van der Waals surface area contributed by atoms with Gasteiger partial charge in [-0.25, -0.2) is 9.97 Å². The molecule has 0 bridgehead atoms. The van der Waals surface area contributed by atoms with Gasteiger partial charge in [0.05, 0.1) is 5.92 Å². The maximum atomic E-state index is 11.0. The van der Waals surface area contributed by atoms with Crippen LogP contribution in [0.25, 0.3) is 11.5 Å². The van der Waals surface area contributed by atoms with E-state index in [1.165, 1.54) is 6.33 Å². The third-order valence-corrected chi connectivity index (χ3v) is 3.74. The molecule has 1 N–H and O–H groups in total. The molecule has 3 heterocycles. The van der Waals surface area contributed by atoms with Gasteiger partial charge in [0, 0.05) is 26.3 Å². The van der Waals surface area contributed by atoms with Crippen LogP contribution in [-0.4, -0.2) is 48.9 Å². The van der Waals surface area contributed by atoms with Crippen LogP contribution >= 0.6 is 0 Å². The summed E-state index contributed by atoms with van der Waals surface area (Å²) in [4.78, 5) is 25.8. The predicted octanol–water partition coefficient (Wildman–Crippen LogP) is 0.573. The van der Waals surface area contributed by atoms with Gasteiger partial charge in [0.25, 0.3) is 0 Å². The van der Waals surface area contributed by atoms with Gasteiger partial charge < -0.3 is 10.0 Å². The second kappa shape index (κ2) is 5.47. The minimum Gasteiger partial charge on any atom is -0.481 e. The van der Waals surface area contributed by atoms with E-state index in [0.717, 1.165) is 5.69 Å². The molecule has 1 saturated heterocycles. The predicted molar refractivity (Wildman–Crippen MR) is 74.6 cm³/mol. The van der Waals surface area contributed by atoms with Gasteiger partial charge in [-0.2, -0.15) is 10.1 Å². The summed E-state index contributed by atoms with van der Waals surface area (Å²) in [5.74, 6) is 0.172. The summed E-state index contributed by atoms with van der Waals surface area (Å²) in [5, 5.41) is 13.1. The molecule has 2 aromatic rings. The molecule has 1 aliphatic rings. The van der Waals surface area contributed by atoms with Crippen LogP contribution in [0.15, 0.2) is 18.6 Å². The molecule has 8 heteroatoms. The lowest BCUT2D eigenvalue weighted by Gasteiger charge is -2.29. The molecular formula is C13H16N6O2. The molecule has 2 aromatic heterocycles. The smallest absolute Gasteiger partial charge is 0.306 e. The van der Waals surface area contributed by atoms with Gasteiger partial charge in [0.1, 0.15) is 12.0 Å². The molecule has 1 fully saturated rings. The van der Waals surface area contributed by atoms with Crippen molar-refractivity contribution in [1.82, 2.24) is 24.7 Å². The lowest BCUT2D eigenvalue weighted by atomic mass is 9.97. The second-order valence-corrected chi connectivity index (χ2v) is 5.05. The van der Waals surface area contributed by atoms with Crippen molar-refractivity contribution in [2.75, 3.05) is 18.0 Å². The van der Waals surface area contributed by atoms with E-state index in [9.17, 15) is 4.79 Å². The van der Waals surface area contributed by atoms with E-state index < -0.39 is 5.97 Å². The summed E-state index contributed by atoms with van der Waals surface area (Å²) in [5.41, 5.74) is 0.819. The topological polar surface area (TPSA) is 97.0 Å². The molecule has 0 aromatic carbocycles. The highest BCUT2D eigenvalue weighted by molar-refractivity contribution is 5.70. The fraction of sp³-hybridized carbons (Fsp3) is 0.462. The molecule has 0 aliphatic carbocycles. The summed E-state index contributed by atoms with van der Waals surface area (Å²) >= 11 is 0. The average Bonchev–Trinajstić information content (AvgIpc) is 2.94. The van der Waals surface area contributed by atoms with E-state index in [4.69, 9.17) is 5.11 Å². The van der Waals surface area contributed by atoms with Gasteiger partial charge in [-0.05, 0) is 18.9 Å². The molecule has 0 atom stereocenters. The number of carboxylic acids is 1. The molecule has 3 rings (SSSR count). The third kappa shape index (κ3) is 2.69. The summed E-state index contributed by atoms with van der Waals surface area (Å²) in [6.45, 7) is 1.29. The number of anilines is 1. The lowest BCUT2D eigenvalue weighted by molar-refractivity contribution is -0.142. The number of rotatable bonds is 3. The Hall–Kier alpha value is -2.51. The van der Waals surface area contributed by atoms with Crippen molar-refractivity contribution in [1.29, 1.82) is 0 Å². The Morgan fingerprint density at radius 1 is 1.33 bits per heavy atom. The van der Waals surface area contributed by atoms with Crippen molar-refractivity contribution in [3.63, 3.8) is 0 Å². The standard InChI is InChI=1S/C13H16N6O2/c1-18-10(2-5-16-18)11-14-8-15-13(17-11)19-6-3-9(4-7-19)12(20)21/h2,5,8-9H,3-4,6-7H2,1H3,(H,20,21). The van der Waals surface area contributed by atoms with E-state index >= 15 is 0 Å². The second-order valence-electron chi connectivity index (χ2n) is 5.05. The SMILES string of the molecule is Cn1nccc1-c1ncnc(N2CCC(C(=O)O)CC2)n1. The molecule has 0 spiro atoms. The minimum absolute atomic E-state index is 0.264. The largest absolute Gasteiger partial charge is 0.481 e. The van der Waals surface area contributed by atoms with Crippen molar-refractivity contribution in [3.05, 3.63) is 18.6 Å². The number of carbonyl (C=O) groups is 1. The summed E-state index contributed by atoms with van der Waals surface area (Å²) in [6, 6.07) is 1.84. The average molecular weight is 288 g/mol. The summed E-state index contributed by atoms with van der Waals surface area (Å²) in [6.07, 6.45) is 4.40. The first-order chi connectivity index (χ1) is 10.1. The van der Waals surface area contributed by atoms with Crippen LogP contribution in [0.5, 0.6) is 0 Å². The van der Waals surface area contributed by atoms with Crippen molar-refractivity contribution < 1.29 is 9.90 Å². The molecular weight excluding hydrogens is 272 g/mol. The highest BCUT2D eigenvalue weighted by Crippen LogP contribution is 2.22. The first-order valence-corrected chi connectivity index (χ1v) is 6.80. The molecule has 0 unspecified atom stereocenters. The van der Waals surface area contributed by atoms with Crippen LogP contribution in [0, 0.1) is 5.92 Å². The van der Waals surface area contributed by atoms with Crippen LogP contribution < -0.4 is 4.90 Å². The Bertz CT molecular complexity index is 648. The quantitative estimate of drug-likeness (QED) is 0.881. The Morgan fingerprint density at radius 2 is 2.10 bits per heavy atom. The van der Waals surface area contributed by atoms with Crippen LogP contribution in [0.1, 0.15) is 12.8 Å². The van der Waals surface area contributed by atoms with Crippen molar-refractivity contribution >= 4 is 11.9 Å². The molecule has 1 aliphatic heterocycles. The first kappa shape index (κ1) is 13.5. The number of carboxylic acid groups (broad SMARTS) is 1. The van der Waals surface area contributed by atoms with Crippen molar-refractivity contribution in [3.8, 4) is 11.5 Å². The highest BCUT2D eigenvalue weighted by atomic mass is 16.4. The van der Waals surface area contributed by atoms with E-state index in [1.807, 2.05) is 18.0 Å². The zero-order valence-electron chi connectivity index (χ0n) is 11.7. The van der Waals surface area contributed by atoms with Gasteiger partial charge in [-0.1, -0.05) is 0 Å². The molecule has 0 radical (unpaired) electrons. The Kier molecular flexibility index (Phi) is 3.51. The summed E-state index contributed by atoms with van der Waals surface area (Å²) in [7, 11) is 1.83. The maximum absolute atomic E-state index is 11.0. The summed E-state index contributed by atoms with van der Waals surface area (Å²) < 4.78 is 1.70. The number of aryl methyl sites for hydroxylation is 1. The van der Waals surface area contributed by atoms with E-state index in [2.05, 4.69) is 20.1 Å². The number of aromatic nitrogens is 5. The van der Waals surface area contributed by atoms with Crippen molar-refractivity contribution in [2.24, 2.45) is 13.0 Å². The maximum Gasteiger partial charge on any atom is 0.306 e. The Morgan fingerprint density at radius 3 is 2.71 bits per heavy atom. The molecule has 21 heavy (non-hydrogen) atoms. The van der Waals surface area contributed by atoms with Crippen LogP contribution in [0.3, 0.4) is 0 Å². The Labute approximate surface area is 121 Å². The fourth-order valence-corrected chi connectivity index (χ4v) is 2.48. The number of nitrogens with zero attached hydrogens (tertiary/aromatic N) is 6. The number of piperidine rings is 1. The zero-order valence-corrected chi connectivity index (χ0v) is 11.7. The molecule has 0 saturated carbocycles. The molecule has 8 nitrogen and oxygen atoms in total. The lowest BCUT2D eigenvalue weighted by Crippen LogP contribution is -2.37. The normalized spacial score (nSPS) is 16.1. The number of aliphatic carboxylic acids is 1. The molecule has 110 valence electrons. The van der Waals surface area contributed by atoms with Gasteiger partial charge >= 0.3 is 5.97 Å². The molecule has 0 amide bonds. The van der Waals surface area contributed by atoms with E-state index in [1.54, 1.807) is 10.9 Å². The van der Waals surface area contributed by atoms with E-state index in [0.29, 0.717) is 37.7 Å². The Balaban J connectivity index is 1.78. The van der Waals surface area contributed by atoms with Crippen molar-refractivity contribution in [2.45, 2.75) is 12.8 Å². The fourth-order valence-electron chi connectivity index (χ4n) is 2.48. The third-order valence-electron chi connectivity index (χ3n) is 3.74. The van der Waals surface area contributed by atoms with Crippen LogP contribution in [0.2, 0.25) is 0 Å². The van der Waals surface area contributed by atoms with E-state index in [-0.39, 0.29) is 5.92 Å². The van der Waals surface area contributed by atoms with Gasteiger partial charge in [-0.15, -0.1) is 0 Å². The van der Waals surface area contributed by atoms with Gasteiger partial charge in [0.15, 0.2) is 5.82 Å². The first-order valence-electron chi connectivity index (χ1n) is 6.80. The highest BCUT2D eigenvalue weighted by Gasteiger charge is 2.26. The number of hydrogen-bond donors (Lipinski definition) is 1. The minimum atomic E-state index is -0.721. The zero-order chi connectivity index (χ0) is 14.8.